The summed E-state index contributed by atoms with van der Waals surface area (Å²) in [4.78, 5) is 41.6. The number of hydrogen-bond acceptors (Lipinski definition) is 5. The third-order valence-electron chi connectivity index (χ3n) is 8.92. The Balaban J connectivity index is 1.58. The molecule has 4 aromatic rings. The van der Waals surface area contributed by atoms with E-state index in [0.717, 1.165) is 16.3 Å². The lowest BCUT2D eigenvalue weighted by Crippen LogP contribution is -2.49. The van der Waals surface area contributed by atoms with Crippen LogP contribution in [0.2, 0.25) is 5.02 Å². The number of pyridine rings is 1. The highest BCUT2D eigenvalue weighted by molar-refractivity contribution is 6.30. The van der Waals surface area contributed by atoms with E-state index >= 15 is 4.39 Å². The predicted molar refractivity (Wildman–Crippen MR) is 175 cm³/mol. The Morgan fingerprint density at radius 2 is 1.80 bits per heavy atom. The number of amides is 1. The number of benzene rings is 3. The first-order valence-corrected chi connectivity index (χ1v) is 16.1. The fourth-order valence-electron chi connectivity index (χ4n) is 6.55. The molecule has 1 fully saturated rings. The maximum Gasteiger partial charge on any atom is 0.416 e. The zero-order valence-corrected chi connectivity index (χ0v) is 27.5. The van der Waals surface area contributed by atoms with Gasteiger partial charge in [0.15, 0.2) is 0 Å². The zero-order valence-electron chi connectivity index (χ0n) is 26.8. The molecule has 14 heteroatoms. The first-order chi connectivity index (χ1) is 23.6. The van der Waals surface area contributed by atoms with Gasteiger partial charge in [0.25, 0.3) is 5.56 Å². The van der Waals surface area contributed by atoms with Gasteiger partial charge in [-0.15, -0.1) is 0 Å². The minimum atomic E-state index is -4.92. The van der Waals surface area contributed by atoms with Crippen LogP contribution >= 0.6 is 11.6 Å². The van der Waals surface area contributed by atoms with E-state index in [-0.39, 0.29) is 59.1 Å². The Morgan fingerprint density at radius 1 is 1.06 bits per heavy atom. The van der Waals surface area contributed by atoms with E-state index in [2.05, 4.69) is 5.32 Å². The van der Waals surface area contributed by atoms with Crippen LogP contribution < -0.4 is 15.6 Å². The summed E-state index contributed by atoms with van der Waals surface area (Å²) in [7, 11) is 0. The Bertz CT molecular complexity index is 2060. The Morgan fingerprint density at radius 3 is 2.48 bits per heavy atom. The molecule has 0 spiro atoms. The number of ether oxygens (including phenoxy) is 1. The monoisotopic (exact) mass is 715 g/mol. The lowest BCUT2D eigenvalue weighted by atomic mass is 9.92. The van der Waals surface area contributed by atoms with Gasteiger partial charge in [-0.25, -0.2) is 8.78 Å². The van der Waals surface area contributed by atoms with Gasteiger partial charge in [0, 0.05) is 48.0 Å². The maximum atomic E-state index is 15.9. The van der Waals surface area contributed by atoms with Crippen LogP contribution in [0.4, 0.5) is 22.0 Å². The van der Waals surface area contributed by atoms with Crippen LogP contribution in [0.3, 0.4) is 0 Å². The summed E-state index contributed by atoms with van der Waals surface area (Å²) < 4.78 is 79.0. The number of rotatable bonds is 6. The SMILES string of the molecule is Cc1cc2cc(c1F)[C@H](CC(=O)O)NC(=O)[C@H](n1cc(CCN3CC(F)C3)c(C(F)(F)F)cc1=O)c1cc(Cl)cc(c1)Oc1cccc(C)c1-2. The van der Waals surface area contributed by atoms with Gasteiger partial charge in [-0.05, 0) is 84.5 Å². The van der Waals surface area contributed by atoms with E-state index in [1.165, 1.54) is 31.2 Å². The topological polar surface area (TPSA) is 101 Å². The second kappa shape index (κ2) is 13.5. The van der Waals surface area contributed by atoms with Crippen LogP contribution in [-0.2, 0) is 22.2 Å². The van der Waals surface area contributed by atoms with Gasteiger partial charge in [0.05, 0.1) is 18.0 Å². The Labute approximate surface area is 288 Å². The summed E-state index contributed by atoms with van der Waals surface area (Å²) >= 11 is 6.51. The highest BCUT2D eigenvalue weighted by Gasteiger charge is 2.37. The van der Waals surface area contributed by atoms with E-state index in [0.29, 0.717) is 22.9 Å². The average molecular weight is 716 g/mol. The highest BCUT2D eigenvalue weighted by atomic mass is 35.5. The molecule has 3 aromatic carbocycles. The van der Waals surface area contributed by atoms with Crippen LogP contribution in [0.5, 0.6) is 11.5 Å². The number of alkyl halides is 4. The van der Waals surface area contributed by atoms with E-state index in [1.807, 2.05) is 0 Å². The number of carbonyl (C=O) groups is 2. The Kier molecular flexibility index (Phi) is 9.49. The number of aliphatic carboxylic acids is 1. The maximum absolute atomic E-state index is 15.9. The molecule has 0 saturated carbocycles. The summed E-state index contributed by atoms with van der Waals surface area (Å²) in [6, 6.07) is 9.56. The molecule has 262 valence electrons. The second-order valence-electron chi connectivity index (χ2n) is 12.6. The molecule has 50 heavy (non-hydrogen) atoms. The van der Waals surface area contributed by atoms with Crippen molar-refractivity contribution < 1.29 is 41.4 Å². The number of aromatic nitrogens is 1. The van der Waals surface area contributed by atoms with Crippen molar-refractivity contribution in [2.45, 2.75) is 51.1 Å². The number of nitrogens with zero attached hydrogens (tertiary/aromatic N) is 2. The summed E-state index contributed by atoms with van der Waals surface area (Å²) in [5.41, 5.74) is -0.954. The third kappa shape index (κ3) is 7.10. The molecule has 0 radical (unpaired) electrons. The number of carboxylic acids is 1. The molecule has 0 aliphatic carbocycles. The van der Waals surface area contributed by atoms with Crippen molar-refractivity contribution in [2.75, 3.05) is 19.6 Å². The minimum absolute atomic E-state index is 0.0201. The van der Waals surface area contributed by atoms with Gasteiger partial charge in [-0.3, -0.25) is 23.9 Å². The summed E-state index contributed by atoms with van der Waals surface area (Å²) in [5, 5.41) is 12.5. The number of fused-ring (bicyclic) bond motifs is 6. The third-order valence-corrected chi connectivity index (χ3v) is 9.14. The average Bonchev–Trinajstić information content (AvgIpc) is 3.00. The summed E-state index contributed by atoms with van der Waals surface area (Å²) in [5.74, 6) is -2.73. The van der Waals surface area contributed by atoms with Crippen molar-refractivity contribution >= 4 is 23.5 Å². The van der Waals surface area contributed by atoms with Crippen molar-refractivity contribution in [1.82, 2.24) is 14.8 Å². The molecule has 2 N–H and O–H groups in total. The van der Waals surface area contributed by atoms with E-state index < -0.39 is 59.7 Å². The van der Waals surface area contributed by atoms with Gasteiger partial charge in [0.1, 0.15) is 29.5 Å². The summed E-state index contributed by atoms with van der Waals surface area (Å²) in [6.07, 6.45) is -6.08. The fourth-order valence-corrected chi connectivity index (χ4v) is 6.78. The first kappa shape index (κ1) is 35.1. The van der Waals surface area contributed by atoms with E-state index in [9.17, 15) is 37.1 Å². The molecule has 0 unspecified atom stereocenters. The van der Waals surface area contributed by atoms with Gasteiger partial charge >= 0.3 is 12.1 Å². The predicted octanol–water partition coefficient (Wildman–Crippen LogP) is 7.17. The fraction of sp³-hybridized carbons (Fsp3) is 0.306. The summed E-state index contributed by atoms with van der Waals surface area (Å²) in [6.45, 7) is 3.47. The smallest absolute Gasteiger partial charge is 0.416 e. The molecule has 1 aromatic heterocycles. The molecule has 1 amide bonds. The number of carbonyl (C=O) groups excluding carboxylic acids is 1. The molecule has 4 bridgehead atoms. The lowest BCUT2D eigenvalue weighted by molar-refractivity contribution is -0.139. The van der Waals surface area contributed by atoms with Gasteiger partial charge < -0.3 is 15.2 Å². The molecule has 3 heterocycles. The lowest BCUT2D eigenvalue weighted by Gasteiger charge is -2.34. The van der Waals surface area contributed by atoms with Crippen LogP contribution in [0.15, 0.2) is 65.6 Å². The normalized spacial score (nSPS) is 18.1. The van der Waals surface area contributed by atoms with Crippen molar-refractivity contribution in [3.8, 4) is 22.6 Å². The van der Waals surface area contributed by atoms with Crippen LogP contribution in [0.1, 0.15) is 51.9 Å². The van der Waals surface area contributed by atoms with Gasteiger partial charge in [0.2, 0.25) is 5.91 Å². The molecule has 1 saturated heterocycles. The van der Waals surface area contributed by atoms with Crippen LogP contribution in [0.25, 0.3) is 11.1 Å². The molecule has 6 rings (SSSR count). The molecule has 2 aliphatic rings. The second-order valence-corrected chi connectivity index (χ2v) is 13.0. The van der Waals surface area contributed by atoms with Crippen molar-refractivity contribution in [3.63, 3.8) is 0 Å². The highest BCUT2D eigenvalue weighted by Crippen LogP contribution is 2.41. The number of carboxylic acid groups (broad SMARTS) is 1. The quantitative estimate of drug-likeness (QED) is 0.206. The molecular weight excluding hydrogens is 685 g/mol. The number of hydrogen-bond donors (Lipinski definition) is 2. The zero-order chi connectivity index (χ0) is 36.1. The van der Waals surface area contributed by atoms with E-state index in [4.69, 9.17) is 16.3 Å². The minimum Gasteiger partial charge on any atom is -0.481 e. The number of nitrogens with one attached hydrogen (secondary N) is 1. The van der Waals surface area contributed by atoms with Gasteiger partial charge in [-0.1, -0.05) is 23.7 Å². The number of aryl methyl sites for hydroxylation is 2. The first-order valence-electron chi connectivity index (χ1n) is 15.7. The number of halogens is 6. The molecule has 2 atom stereocenters. The van der Waals surface area contributed by atoms with Crippen molar-refractivity contribution in [1.29, 1.82) is 0 Å². The molecule has 2 aliphatic heterocycles. The molecular formula is C36H31ClF5N3O5. The van der Waals surface area contributed by atoms with Crippen LogP contribution in [0, 0.1) is 19.7 Å². The van der Waals surface area contributed by atoms with Crippen molar-refractivity contribution in [2.24, 2.45) is 0 Å². The van der Waals surface area contributed by atoms with Gasteiger partial charge in [-0.2, -0.15) is 13.2 Å². The van der Waals surface area contributed by atoms with Crippen LogP contribution in [-0.4, -0.2) is 52.3 Å². The molecule has 8 nitrogen and oxygen atoms in total. The number of likely N-dealkylation sites (tertiary alicyclic amines) is 1. The van der Waals surface area contributed by atoms with Crippen molar-refractivity contribution in [3.05, 3.63) is 115 Å². The standard InChI is InChI=1S/C36H31ClF5N3O5/c1-18-4-3-5-29-32(18)21-8-19(2)33(39)26(11-21)28(14-31(47)48)43-35(49)34(22-9-23(37)12-25(10-22)50-29)45-15-20(6-7-44-16-24(38)17-44)27(13-30(45)46)36(40,41)42/h3-5,8-13,15,24,28,34H,6-7,14,16-17H2,1-2H3,(H,43,49)(H,47,48)/t28-,34+/m0/s1. The Hall–Kier alpha value is -4.75. The largest absolute Gasteiger partial charge is 0.481 e. The van der Waals surface area contributed by atoms with E-state index in [1.54, 1.807) is 36.1 Å².